The highest BCUT2D eigenvalue weighted by molar-refractivity contribution is 5.98. The van der Waals surface area contributed by atoms with E-state index in [2.05, 4.69) is 0 Å². The fourth-order valence-electron chi connectivity index (χ4n) is 2.51. The molecule has 28 heavy (non-hydrogen) atoms. The van der Waals surface area contributed by atoms with Gasteiger partial charge in [-0.3, -0.25) is 0 Å². The Morgan fingerprint density at radius 3 is 2.04 bits per heavy atom. The molecule has 2 aromatic rings. The van der Waals surface area contributed by atoms with E-state index < -0.39 is 12.3 Å². The smallest absolute Gasteiger partial charge is 0.490 e. The Labute approximate surface area is 164 Å². The Kier molecular flexibility index (Phi) is 7.09. The van der Waals surface area contributed by atoms with E-state index in [1.54, 1.807) is 40.7 Å². The average Bonchev–Trinajstić information content (AvgIpc) is 2.56. The summed E-state index contributed by atoms with van der Waals surface area (Å²) in [6, 6.07) is 6.95. The van der Waals surface area contributed by atoms with Crippen molar-refractivity contribution in [2.75, 3.05) is 6.61 Å². The quantitative estimate of drug-likeness (QED) is 0.483. The van der Waals surface area contributed by atoms with E-state index >= 15 is 0 Å². The van der Waals surface area contributed by atoms with Gasteiger partial charge in [0.1, 0.15) is 5.75 Å². The first-order valence-corrected chi connectivity index (χ1v) is 9.18. The van der Waals surface area contributed by atoms with Crippen LogP contribution in [-0.2, 0) is 9.47 Å². The molecule has 0 amide bonds. The third-order valence-corrected chi connectivity index (χ3v) is 3.51. The highest BCUT2D eigenvalue weighted by atomic mass is 16.7. The molecule has 152 valence electrons. The summed E-state index contributed by atoms with van der Waals surface area (Å²) in [4.78, 5) is 24.1. The first-order valence-electron chi connectivity index (χ1n) is 9.18. The molecule has 0 heterocycles. The molecule has 7 nitrogen and oxygen atoms in total. The van der Waals surface area contributed by atoms with Gasteiger partial charge in [0.25, 0.3) is 0 Å². The zero-order valence-corrected chi connectivity index (χ0v) is 17.0. The maximum atomic E-state index is 12.1. The molecule has 0 aromatic heterocycles. The molecule has 0 N–H and O–H groups in total. The molecular formula is C21H26O7. The van der Waals surface area contributed by atoms with Gasteiger partial charge in [0.15, 0.2) is 11.5 Å². The summed E-state index contributed by atoms with van der Waals surface area (Å²) in [6.45, 7) is 10.9. The van der Waals surface area contributed by atoms with Crippen LogP contribution in [0.2, 0.25) is 0 Å². The number of benzene rings is 2. The zero-order valence-electron chi connectivity index (χ0n) is 17.0. The van der Waals surface area contributed by atoms with Gasteiger partial charge in [-0.15, -0.1) is 0 Å². The maximum Gasteiger partial charge on any atom is 0.514 e. The summed E-state index contributed by atoms with van der Waals surface area (Å²) in [5.74, 6) is 0.705. The van der Waals surface area contributed by atoms with Crippen molar-refractivity contribution >= 4 is 23.1 Å². The molecule has 0 atom stereocenters. The molecule has 7 heteroatoms. The van der Waals surface area contributed by atoms with Gasteiger partial charge >= 0.3 is 12.3 Å². The maximum absolute atomic E-state index is 12.1. The van der Waals surface area contributed by atoms with Crippen molar-refractivity contribution in [2.24, 2.45) is 0 Å². The van der Waals surface area contributed by atoms with Crippen LogP contribution in [0.1, 0.15) is 40.2 Å². The topological polar surface area (TPSA) is 80.3 Å². The molecule has 0 aliphatic heterocycles. The molecule has 0 aliphatic rings. The number of aryl methyl sites for hydroxylation is 1. The SMILES string of the molecule is CCOc1cc(OC(=O)OC(C)C)c2cc(C)ccc2c1OC(=O)OC(C)C. The molecule has 0 radical (unpaired) electrons. The van der Waals surface area contributed by atoms with E-state index in [9.17, 15) is 9.59 Å². The molecule has 0 bridgehead atoms. The number of fused-ring (bicyclic) bond motifs is 1. The number of carbonyl (C=O) groups is 2. The van der Waals surface area contributed by atoms with Crippen LogP contribution in [-0.4, -0.2) is 31.1 Å². The van der Waals surface area contributed by atoms with Gasteiger partial charge in [-0.25, -0.2) is 9.59 Å². The van der Waals surface area contributed by atoms with Crippen LogP contribution >= 0.6 is 0 Å². The van der Waals surface area contributed by atoms with Crippen LogP contribution in [0, 0.1) is 6.92 Å². The highest BCUT2D eigenvalue weighted by Gasteiger charge is 2.22. The molecule has 0 saturated heterocycles. The predicted molar refractivity (Wildman–Crippen MR) is 104 cm³/mol. The number of rotatable bonds is 6. The molecule has 2 aromatic carbocycles. The molecule has 0 aliphatic carbocycles. The van der Waals surface area contributed by atoms with E-state index in [-0.39, 0.29) is 29.5 Å². The van der Waals surface area contributed by atoms with Gasteiger partial charge < -0.3 is 23.7 Å². The molecule has 0 spiro atoms. The summed E-state index contributed by atoms with van der Waals surface area (Å²) in [5, 5.41) is 1.13. The van der Waals surface area contributed by atoms with Crippen molar-refractivity contribution < 1.29 is 33.3 Å². The lowest BCUT2D eigenvalue weighted by Gasteiger charge is -2.17. The van der Waals surface area contributed by atoms with Crippen LogP contribution in [0.15, 0.2) is 24.3 Å². The normalized spacial score (nSPS) is 10.9. The van der Waals surface area contributed by atoms with Crippen molar-refractivity contribution in [3.63, 3.8) is 0 Å². The zero-order chi connectivity index (χ0) is 20.8. The summed E-state index contributed by atoms with van der Waals surface area (Å²) < 4.78 is 26.6. The molecule has 2 rings (SSSR count). The molecule has 0 saturated carbocycles. The fraction of sp³-hybridized carbons (Fsp3) is 0.429. The summed E-state index contributed by atoms with van der Waals surface area (Å²) in [6.07, 6.45) is -2.32. The van der Waals surface area contributed by atoms with E-state index in [0.29, 0.717) is 17.4 Å². The first-order chi connectivity index (χ1) is 13.2. The van der Waals surface area contributed by atoms with Crippen molar-refractivity contribution in [3.8, 4) is 17.2 Å². The number of hydrogen-bond acceptors (Lipinski definition) is 7. The van der Waals surface area contributed by atoms with Crippen molar-refractivity contribution in [1.29, 1.82) is 0 Å². The van der Waals surface area contributed by atoms with Crippen LogP contribution in [0.4, 0.5) is 9.59 Å². The lowest BCUT2D eigenvalue weighted by molar-refractivity contribution is 0.0704. The minimum absolute atomic E-state index is 0.201. The third-order valence-electron chi connectivity index (χ3n) is 3.51. The summed E-state index contributed by atoms with van der Waals surface area (Å²) in [5.41, 5.74) is 0.939. The van der Waals surface area contributed by atoms with Crippen LogP contribution in [0.25, 0.3) is 10.8 Å². The fourth-order valence-corrected chi connectivity index (χ4v) is 2.51. The van der Waals surface area contributed by atoms with E-state index in [4.69, 9.17) is 23.7 Å². The average molecular weight is 390 g/mol. The Morgan fingerprint density at radius 1 is 0.857 bits per heavy atom. The molecule has 0 fully saturated rings. The van der Waals surface area contributed by atoms with Gasteiger partial charge in [0.2, 0.25) is 0 Å². The van der Waals surface area contributed by atoms with Crippen molar-refractivity contribution in [3.05, 3.63) is 29.8 Å². The minimum Gasteiger partial charge on any atom is -0.490 e. The monoisotopic (exact) mass is 390 g/mol. The second kappa shape index (κ2) is 9.30. The third kappa shape index (κ3) is 5.52. The van der Waals surface area contributed by atoms with E-state index in [1.165, 1.54) is 6.07 Å². The van der Waals surface area contributed by atoms with E-state index in [1.807, 2.05) is 19.1 Å². The Bertz CT molecular complexity index is 855. The highest BCUT2D eigenvalue weighted by Crippen LogP contribution is 2.42. The Balaban J connectivity index is 2.56. The molecule has 0 unspecified atom stereocenters. The van der Waals surface area contributed by atoms with Crippen molar-refractivity contribution in [1.82, 2.24) is 0 Å². The van der Waals surface area contributed by atoms with Crippen LogP contribution in [0.3, 0.4) is 0 Å². The van der Waals surface area contributed by atoms with Gasteiger partial charge in [0, 0.05) is 16.8 Å². The van der Waals surface area contributed by atoms with Crippen LogP contribution < -0.4 is 14.2 Å². The van der Waals surface area contributed by atoms with Gasteiger partial charge in [-0.1, -0.05) is 17.7 Å². The van der Waals surface area contributed by atoms with Crippen molar-refractivity contribution in [2.45, 2.75) is 53.8 Å². The first kappa shape index (κ1) is 21.3. The largest absolute Gasteiger partial charge is 0.514 e. The Hall–Kier alpha value is -2.96. The molecular weight excluding hydrogens is 364 g/mol. The lowest BCUT2D eigenvalue weighted by atomic mass is 10.0. The van der Waals surface area contributed by atoms with Gasteiger partial charge in [-0.2, -0.15) is 0 Å². The number of carbonyl (C=O) groups excluding carboxylic acids is 2. The Morgan fingerprint density at radius 2 is 1.46 bits per heavy atom. The minimum atomic E-state index is -0.842. The number of ether oxygens (including phenoxy) is 5. The summed E-state index contributed by atoms with van der Waals surface area (Å²) in [7, 11) is 0. The standard InChI is InChI=1S/C21H26O7/c1-7-24-18-11-17(27-20(22)25-12(2)3)16-10-14(6)8-9-15(16)19(18)28-21(23)26-13(4)5/h8-13H,7H2,1-6H3. The second-order valence-electron chi connectivity index (χ2n) is 6.72. The predicted octanol–water partition coefficient (Wildman–Crippen LogP) is 5.39. The van der Waals surface area contributed by atoms with Gasteiger partial charge in [0.05, 0.1) is 18.8 Å². The van der Waals surface area contributed by atoms with Crippen LogP contribution in [0.5, 0.6) is 17.2 Å². The van der Waals surface area contributed by atoms with Gasteiger partial charge in [-0.05, 0) is 47.6 Å². The lowest BCUT2D eigenvalue weighted by Crippen LogP contribution is -2.17. The number of hydrogen-bond donors (Lipinski definition) is 0. The van der Waals surface area contributed by atoms with E-state index in [0.717, 1.165) is 5.56 Å². The summed E-state index contributed by atoms with van der Waals surface area (Å²) >= 11 is 0. The second-order valence-corrected chi connectivity index (χ2v) is 6.72.